The Morgan fingerprint density at radius 2 is 1.95 bits per heavy atom. The fourth-order valence-electron chi connectivity index (χ4n) is 2.57. The fourth-order valence-corrected chi connectivity index (χ4v) is 2.57. The second kappa shape index (κ2) is 5.44. The van der Waals surface area contributed by atoms with Gasteiger partial charge in [0, 0.05) is 0 Å². The molecule has 0 aliphatic carbocycles. The van der Waals surface area contributed by atoms with Crippen molar-refractivity contribution < 1.29 is 5.11 Å². The molecule has 0 atom stereocenters. The second-order valence-electron chi connectivity index (χ2n) is 5.06. The highest BCUT2D eigenvalue weighted by Gasteiger charge is 2.43. The molecule has 1 saturated heterocycles. The van der Waals surface area contributed by atoms with Crippen LogP contribution in [0.4, 0.5) is 5.82 Å². The maximum atomic E-state index is 10.0. The average molecular weight is 271 g/mol. The summed E-state index contributed by atoms with van der Waals surface area (Å²) < 4.78 is 0. The van der Waals surface area contributed by atoms with Crippen LogP contribution in [0.3, 0.4) is 0 Å². The highest BCUT2D eigenvalue weighted by atomic mass is 16.3. The smallest absolute Gasteiger partial charge is 0.169 e. The number of nitrogens with zero attached hydrogens (tertiary/aromatic N) is 5. The van der Waals surface area contributed by atoms with Gasteiger partial charge in [0.25, 0.3) is 0 Å². The molecule has 1 aliphatic rings. The molecule has 0 radical (unpaired) electrons. The average Bonchev–Trinajstić information content (AvgIpc) is 2.43. The molecule has 1 N–H and O–H groups in total. The highest BCUT2D eigenvalue weighted by molar-refractivity contribution is 5.60. The first-order chi connectivity index (χ1) is 9.58. The molecule has 104 valence electrons. The van der Waals surface area contributed by atoms with Crippen LogP contribution in [0.25, 0.3) is 0 Å². The van der Waals surface area contributed by atoms with Crippen molar-refractivity contribution in [2.24, 2.45) is 0 Å². The summed E-state index contributed by atoms with van der Waals surface area (Å²) in [5, 5.41) is 36.4. The van der Waals surface area contributed by atoms with Crippen molar-refractivity contribution in [2.45, 2.75) is 38.7 Å². The van der Waals surface area contributed by atoms with Gasteiger partial charge in [-0.2, -0.15) is 15.6 Å². The monoisotopic (exact) mass is 271 g/mol. The number of aromatic nitrogens is 2. The van der Waals surface area contributed by atoms with Crippen molar-refractivity contribution in [3.63, 3.8) is 0 Å². The Hall–Kier alpha value is -2.18. The summed E-state index contributed by atoms with van der Waals surface area (Å²) in [6, 6.07) is 4.18. The largest absolute Gasteiger partial charge is 0.385 e. The third-order valence-corrected chi connectivity index (χ3v) is 3.62. The van der Waals surface area contributed by atoms with Gasteiger partial charge in [-0.1, -0.05) is 13.8 Å². The second-order valence-corrected chi connectivity index (χ2v) is 5.06. The van der Waals surface area contributed by atoms with Crippen LogP contribution >= 0.6 is 0 Å². The van der Waals surface area contributed by atoms with Crippen molar-refractivity contribution in [2.75, 3.05) is 18.0 Å². The molecule has 0 spiro atoms. The van der Waals surface area contributed by atoms with Gasteiger partial charge < -0.3 is 10.0 Å². The van der Waals surface area contributed by atoms with Crippen LogP contribution < -0.4 is 4.90 Å². The Bertz CT molecular complexity index is 593. The Balaban J connectivity index is 2.32. The molecule has 1 aromatic heterocycles. The number of aryl methyl sites for hydroxylation is 1. The first kappa shape index (κ1) is 14.2. The van der Waals surface area contributed by atoms with Crippen LogP contribution in [-0.2, 0) is 12.8 Å². The maximum Gasteiger partial charge on any atom is 0.169 e. The fraction of sp³-hybridized carbons (Fsp3) is 0.571. The first-order valence-electron chi connectivity index (χ1n) is 6.71. The number of hydrogen-bond donors (Lipinski definition) is 1. The summed E-state index contributed by atoms with van der Waals surface area (Å²) >= 11 is 0. The van der Waals surface area contributed by atoms with Crippen molar-refractivity contribution in [3.8, 4) is 12.1 Å². The first-order valence-corrected chi connectivity index (χ1v) is 6.71. The van der Waals surface area contributed by atoms with Crippen LogP contribution in [-0.4, -0.2) is 34.0 Å². The van der Waals surface area contributed by atoms with Gasteiger partial charge in [-0.25, -0.2) is 0 Å². The van der Waals surface area contributed by atoms with Gasteiger partial charge in [0.2, 0.25) is 0 Å². The van der Waals surface area contributed by atoms with E-state index in [1.54, 1.807) is 0 Å². The zero-order chi connectivity index (χ0) is 14.8. The third-order valence-electron chi connectivity index (χ3n) is 3.62. The van der Waals surface area contributed by atoms with Crippen molar-refractivity contribution in [1.82, 2.24) is 10.2 Å². The lowest BCUT2D eigenvalue weighted by Gasteiger charge is -2.46. The topological polar surface area (TPSA) is 96.8 Å². The predicted molar refractivity (Wildman–Crippen MR) is 72.9 cm³/mol. The Morgan fingerprint density at radius 1 is 1.25 bits per heavy atom. The van der Waals surface area contributed by atoms with Crippen LogP contribution in [0.5, 0.6) is 0 Å². The number of rotatable bonds is 4. The molecule has 0 saturated carbocycles. The zero-order valence-corrected chi connectivity index (χ0v) is 11.7. The van der Waals surface area contributed by atoms with E-state index < -0.39 is 5.60 Å². The Morgan fingerprint density at radius 3 is 2.45 bits per heavy atom. The van der Waals surface area contributed by atoms with E-state index in [1.165, 1.54) is 0 Å². The van der Waals surface area contributed by atoms with E-state index in [0.717, 1.165) is 24.1 Å². The number of nitriles is 2. The summed E-state index contributed by atoms with van der Waals surface area (Å²) in [5.74, 6) is 0.518. The van der Waals surface area contributed by atoms with Gasteiger partial charge in [-0.3, -0.25) is 0 Å². The third kappa shape index (κ3) is 2.31. The van der Waals surface area contributed by atoms with Crippen LogP contribution in [0.15, 0.2) is 0 Å². The summed E-state index contributed by atoms with van der Waals surface area (Å²) in [6.07, 6.45) is 1.56. The van der Waals surface area contributed by atoms with Crippen molar-refractivity contribution in [3.05, 3.63) is 16.8 Å². The summed E-state index contributed by atoms with van der Waals surface area (Å²) in [5.41, 5.74) is 1.33. The van der Waals surface area contributed by atoms with Gasteiger partial charge in [0.1, 0.15) is 17.2 Å². The minimum Gasteiger partial charge on any atom is -0.385 e. The van der Waals surface area contributed by atoms with Gasteiger partial charge in [-0.15, -0.1) is 5.10 Å². The van der Waals surface area contributed by atoms with Crippen LogP contribution in [0.2, 0.25) is 0 Å². The molecular formula is C14H17N5O. The van der Waals surface area contributed by atoms with E-state index in [2.05, 4.69) is 16.3 Å². The van der Waals surface area contributed by atoms with Crippen LogP contribution in [0.1, 0.15) is 37.1 Å². The molecule has 1 fully saturated rings. The van der Waals surface area contributed by atoms with Crippen molar-refractivity contribution in [1.29, 1.82) is 10.5 Å². The zero-order valence-electron chi connectivity index (χ0n) is 11.7. The van der Waals surface area contributed by atoms with Crippen LogP contribution in [0, 0.1) is 22.7 Å². The van der Waals surface area contributed by atoms with Crippen molar-refractivity contribution >= 4 is 5.82 Å². The molecule has 0 bridgehead atoms. The summed E-state index contributed by atoms with van der Waals surface area (Å²) in [7, 11) is 0. The molecule has 1 aromatic rings. The predicted octanol–water partition coefficient (Wildman–Crippen LogP) is 0.938. The standard InChI is InChI=1S/C14H17N5O/c1-3-10-11(7-16)13(18-17-12(10)4-2)19-8-14(20,9-19)5-6-15/h20H,3-5,8-9H2,1-2H3. The number of β-amino-alcohol motifs (C(OH)–C–C–N with tert-alkyl or cyclic N) is 1. The summed E-state index contributed by atoms with van der Waals surface area (Å²) in [6.45, 7) is 4.61. The van der Waals surface area contributed by atoms with E-state index in [0.29, 0.717) is 24.5 Å². The van der Waals surface area contributed by atoms with E-state index in [-0.39, 0.29) is 6.42 Å². The molecule has 2 rings (SSSR count). The van der Waals surface area contributed by atoms with E-state index >= 15 is 0 Å². The molecule has 0 unspecified atom stereocenters. The molecule has 20 heavy (non-hydrogen) atoms. The Labute approximate surface area is 118 Å². The minimum absolute atomic E-state index is 0.0898. The lowest BCUT2D eigenvalue weighted by molar-refractivity contribution is 0.0160. The highest BCUT2D eigenvalue weighted by Crippen LogP contribution is 2.32. The minimum atomic E-state index is -0.987. The maximum absolute atomic E-state index is 10.0. The van der Waals surface area contributed by atoms with Gasteiger partial charge >= 0.3 is 0 Å². The number of anilines is 1. The van der Waals surface area contributed by atoms with E-state index in [9.17, 15) is 10.4 Å². The molecule has 6 heteroatoms. The quantitative estimate of drug-likeness (QED) is 0.875. The normalized spacial score (nSPS) is 16.1. The number of hydrogen-bond acceptors (Lipinski definition) is 6. The molecule has 0 aromatic carbocycles. The summed E-state index contributed by atoms with van der Waals surface area (Å²) in [4.78, 5) is 1.81. The molecule has 0 amide bonds. The Kier molecular flexibility index (Phi) is 3.87. The molecule has 6 nitrogen and oxygen atoms in total. The van der Waals surface area contributed by atoms with Gasteiger partial charge in [0.05, 0.1) is 31.3 Å². The lowest BCUT2D eigenvalue weighted by Crippen LogP contribution is -2.62. The molecular weight excluding hydrogens is 254 g/mol. The SMILES string of the molecule is CCc1nnc(N2CC(O)(CC#N)C2)c(C#N)c1CC. The van der Waals surface area contributed by atoms with E-state index in [4.69, 9.17) is 5.26 Å². The number of aliphatic hydroxyl groups is 1. The van der Waals surface area contributed by atoms with Gasteiger partial charge in [0.15, 0.2) is 5.82 Å². The lowest BCUT2D eigenvalue weighted by atomic mass is 9.90. The van der Waals surface area contributed by atoms with E-state index in [1.807, 2.05) is 24.8 Å². The van der Waals surface area contributed by atoms with Gasteiger partial charge in [-0.05, 0) is 18.4 Å². The molecule has 2 heterocycles. The molecule has 1 aliphatic heterocycles.